The van der Waals surface area contributed by atoms with Crippen LogP contribution in [0.3, 0.4) is 0 Å². The highest BCUT2D eigenvalue weighted by Gasteiger charge is 2.22. The number of nitro groups is 1. The monoisotopic (exact) mass is 380 g/mol. The zero-order valence-electron chi connectivity index (χ0n) is 14.0. The highest BCUT2D eigenvalue weighted by molar-refractivity contribution is 7.87. The molecular weight excluding hydrogens is 364 g/mol. The van der Waals surface area contributed by atoms with Gasteiger partial charge in [0, 0.05) is 23.4 Å². The minimum absolute atomic E-state index is 0.0671. The van der Waals surface area contributed by atoms with Crippen LogP contribution in [-0.4, -0.2) is 26.0 Å². The molecule has 1 amide bonds. The van der Waals surface area contributed by atoms with Gasteiger partial charge in [0.25, 0.3) is 5.69 Å². The molecule has 0 fully saturated rings. The Bertz CT molecular complexity index is 941. The Morgan fingerprint density at radius 1 is 1.23 bits per heavy atom. The molecule has 0 unspecified atom stereocenters. The maximum absolute atomic E-state index is 12.4. The van der Waals surface area contributed by atoms with Crippen LogP contribution in [0.2, 0.25) is 0 Å². The Hall–Kier alpha value is -3.14. The van der Waals surface area contributed by atoms with Crippen molar-refractivity contribution in [2.45, 2.75) is 18.7 Å². The van der Waals surface area contributed by atoms with Gasteiger partial charge < -0.3 is 8.92 Å². The molecule has 0 heterocycles. The van der Waals surface area contributed by atoms with Crippen LogP contribution in [0.5, 0.6) is 5.75 Å². The summed E-state index contributed by atoms with van der Waals surface area (Å²) in [7, 11) is -4.29. The second-order valence-electron chi connectivity index (χ2n) is 5.12. The molecule has 0 aliphatic heterocycles. The van der Waals surface area contributed by atoms with Crippen molar-refractivity contribution >= 4 is 27.6 Å². The number of hydrogen-bond acceptors (Lipinski definition) is 7. The molecule has 0 aliphatic rings. The van der Waals surface area contributed by atoms with E-state index in [9.17, 15) is 23.3 Å². The average Bonchev–Trinajstić information content (AvgIpc) is 2.54. The topological polar surface area (TPSA) is 125 Å². The van der Waals surface area contributed by atoms with Crippen molar-refractivity contribution in [3.8, 4) is 5.75 Å². The number of nitrogens with one attached hydrogen (secondary N) is 1. The van der Waals surface area contributed by atoms with E-state index in [0.717, 1.165) is 6.07 Å². The minimum Gasteiger partial charge on any atom is -0.450 e. The number of nitro benzene ring substituents is 1. The van der Waals surface area contributed by atoms with Crippen LogP contribution < -0.4 is 9.50 Å². The van der Waals surface area contributed by atoms with Crippen molar-refractivity contribution in [3.63, 3.8) is 0 Å². The molecule has 0 saturated carbocycles. The fraction of sp³-hybridized carbons (Fsp3) is 0.188. The zero-order valence-corrected chi connectivity index (χ0v) is 14.8. The lowest BCUT2D eigenvalue weighted by Crippen LogP contribution is -2.14. The molecule has 0 aliphatic carbocycles. The first-order valence-corrected chi connectivity index (χ1v) is 8.87. The van der Waals surface area contributed by atoms with Gasteiger partial charge in [-0.3, -0.25) is 15.4 Å². The largest absolute Gasteiger partial charge is 0.450 e. The van der Waals surface area contributed by atoms with Gasteiger partial charge in [-0.25, -0.2) is 4.79 Å². The Balaban J connectivity index is 2.26. The van der Waals surface area contributed by atoms with Gasteiger partial charge in [0.1, 0.15) is 10.6 Å². The maximum atomic E-state index is 12.4. The molecule has 0 spiro atoms. The molecule has 0 atom stereocenters. The summed E-state index contributed by atoms with van der Waals surface area (Å²) in [4.78, 5) is 21.4. The van der Waals surface area contributed by atoms with Gasteiger partial charge in [-0.15, -0.1) is 0 Å². The quantitative estimate of drug-likeness (QED) is 0.463. The maximum Gasteiger partial charge on any atom is 0.411 e. The van der Waals surface area contributed by atoms with E-state index in [1.807, 2.05) is 0 Å². The molecule has 138 valence electrons. The van der Waals surface area contributed by atoms with E-state index in [2.05, 4.69) is 5.32 Å². The predicted octanol–water partition coefficient (Wildman–Crippen LogP) is 3.24. The van der Waals surface area contributed by atoms with Gasteiger partial charge in [-0.1, -0.05) is 12.1 Å². The Labute approximate surface area is 149 Å². The van der Waals surface area contributed by atoms with E-state index >= 15 is 0 Å². The van der Waals surface area contributed by atoms with E-state index < -0.39 is 21.1 Å². The third kappa shape index (κ3) is 4.70. The van der Waals surface area contributed by atoms with E-state index in [1.54, 1.807) is 6.92 Å². The molecule has 0 saturated heterocycles. The molecule has 0 aromatic heterocycles. The number of benzene rings is 2. The van der Waals surface area contributed by atoms with Crippen LogP contribution in [0, 0.1) is 17.0 Å². The first-order chi connectivity index (χ1) is 12.2. The predicted molar refractivity (Wildman–Crippen MR) is 92.7 cm³/mol. The Morgan fingerprint density at radius 3 is 2.62 bits per heavy atom. The van der Waals surface area contributed by atoms with E-state index in [0.29, 0.717) is 5.56 Å². The van der Waals surface area contributed by atoms with Crippen molar-refractivity contribution in [2.24, 2.45) is 0 Å². The van der Waals surface area contributed by atoms with Crippen LogP contribution in [-0.2, 0) is 14.9 Å². The molecule has 0 bridgehead atoms. The number of carbonyl (C=O) groups excluding carboxylic acids is 1. The van der Waals surface area contributed by atoms with Crippen molar-refractivity contribution in [1.82, 2.24) is 0 Å². The number of nitrogens with zero attached hydrogens (tertiary/aromatic N) is 1. The number of aryl methyl sites for hydroxylation is 1. The van der Waals surface area contributed by atoms with Crippen LogP contribution >= 0.6 is 0 Å². The lowest BCUT2D eigenvalue weighted by molar-refractivity contribution is -0.385. The molecule has 2 aromatic rings. The molecule has 26 heavy (non-hydrogen) atoms. The van der Waals surface area contributed by atoms with E-state index in [-0.39, 0.29) is 28.6 Å². The molecule has 0 radical (unpaired) electrons. The average molecular weight is 380 g/mol. The fourth-order valence-electron chi connectivity index (χ4n) is 2.03. The van der Waals surface area contributed by atoms with Crippen LogP contribution in [0.1, 0.15) is 12.5 Å². The number of anilines is 1. The van der Waals surface area contributed by atoms with E-state index in [4.69, 9.17) is 8.92 Å². The SMILES string of the molecule is CCOC(=O)Nc1cccc(OS(=O)(=O)c2ccc(C)c([N+](=O)[O-])c2)c1. The van der Waals surface area contributed by atoms with Crippen molar-refractivity contribution in [3.05, 3.63) is 58.1 Å². The number of ether oxygens (including phenoxy) is 1. The number of rotatable bonds is 6. The van der Waals surface area contributed by atoms with Crippen molar-refractivity contribution in [1.29, 1.82) is 0 Å². The molecular formula is C16H16N2O7S. The van der Waals surface area contributed by atoms with Gasteiger partial charge in [-0.2, -0.15) is 8.42 Å². The number of amides is 1. The third-order valence-corrected chi connectivity index (χ3v) is 4.47. The zero-order chi connectivity index (χ0) is 19.3. The summed E-state index contributed by atoms with van der Waals surface area (Å²) < 4.78 is 34.5. The lowest BCUT2D eigenvalue weighted by atomic mass is 10.2. The fourth-order valence-corrected chi connectivity index (χ4v) is 2.97. The van der Waals surface area contributed by atoms with Crippen LogP contribution in [0.4, 0.5) is 16.2 Å². The molecule has 2 rings (SSSR count). The summed E-state index contributed by atoms with van der Waals surface area (Å²) in [6.07, 6.45) is -0.693. The second kappa shape index (κ2) is 7.83. The number of hydrogen-bond donors (Lipinski definition) is 1. The van der Waals surface area contributed by atoms with E-state index in [1.165, 1.54) is 43.3 Å². The molecule has 9 nitrogen and oxygen atoms in total. The summed E-state index contributed by atoms with van der Waals surface area (Å²) in [6.45, 7) is 3.33. The van der Waals surface area contributed by atoms with Crippen LogP contribution in [0.25, 0.3) is 0 Å². The third-order valence-electron chi connectivity index (χ3n) is 3.23. The van der Waals surface area contributed by atoms with Crippen molar-refractivity contribution < 1.29 is 27.1 Å². The van der Waals surface area contributed by atoms with Crippen molar-refractivity contribution in [2.75, 3.05) is 11.9 Å². The Morgan fingerprint density at radius 2 is 1.96 bits per heavy atom. The summed E-state index contributed by atoms with van der Waals surface area (Å²) in [5, 5.41) is 13.4. The normalized spacial score (nSPS) is 10.8. The summed E-state index contributed by atoms with van der Waals surface area (Å²) >= 11 is 0. The molecule has 2 aromatic carbocycles. The van der Waals surface area contributed by atoms with Gasteiger partial charge in [-0.05, 0) is 32.0 Å². The van der Waals surface area contributed by atoms with Gasteiger partial charge in [0.15, 0.2) is 0 Å². The highest BCUT2D eigenvalue weighted by Crippen LogP contribution is 2.26. The van der Waals surface area contributed by atoms with Gasteiger partial charge >= 0.3 is 16.2 Å². The summed E-state index contributed by atoms with van der Waals surface area (Å²) in [6, 6.07) is 9.14. The minimum atomic E-state index is -4.29. The summed E-state index contributed by atoms with van der Waals surface area (Å²) in [5.41, 5.74) is 0.271. The van der Waals surface area contributed by atoms with Gasteiger partial charge in [0.05, 0.1) is 11.5 Å². The second-order valence-corrected chi connectivity index (χ2v) is 6.66. The first kappa shape index (κ1) is 19.2. The lowest BCUT2D eigenvalue weighted by Gasteiger charge is -2.10. The number of carbonyl (C=O) groups is 1. The highest BCUT2D eigenvalue weighted by atomic mass is 32.2. The first-order valence-electron chi connectivity index (χ1n) is 7.46. The molecule has 1 N–H and O–H groups in total. The summed E-state index contributed by atoms with van der Waals surface area (Å²) in [5.74, 6) is -0.0671. The standard InChI is InChI=1S/C16H16N2O7S/c1-3-24-16(19)17-12-5-4-6-13(9-12)25-26(22,23)14-8-7-11(2)15(10-14)18(20)21/h4-10H,3H2,1-2H3,(H,17,19). The Kier molecular flexibility index (Phi) is 5.78. The van der Waals surface area contributed by atoms with Gasteiger partial charge in [0.2, 0.25) is 0 Å². The smallest absolute Gasteiger partial charge is 0.411 e. The molecule has 10 heteroatoms. The van der Waals surface area contributed by atoms with Crippen LogP contribution in [0.15, 0.2) is 47.4 Å².